The number of hydrogen-bond donors (Lipinski definition) is 0. The van der Waals surface area contributed by atoms with Crippen molar-refractivity contribution in [1.29, 1.82) is 0 Å². The van der Waals surface area contributed by atoms with Crippen LogP contribution in [-0.2, 0) is 4.79 Å². The lowest BCUT2D eigenvalue weighted by molar-refractivity contribution is 0.564. The second kappa shape index (κ2) is 5.67. The number of rotatable bonds is 3. The molecule has 0 bridgehead atoms. The lowest BCUT2D eigenvalue weighted by Crippen LogP contribution is -2.15. The van der Waals surface area contributed by atoms with Gasteiger partial charge in [-0.3, -0.25) is 0 Å². The van der Waals surface area contributed by atoms with E-state index >= 15 is 0 Å². The molecular formula is C14H13NOS. The van der Waals surface area contributed by atoms with Crippen molar-refractivity contribution >= 4 is 17.7 Å². The summed E-state index contributed by atoms with van der Waals surface area (Å²) < 4.78 is 0. The number of carbonyl (C=O) groups excluding carboxylic acids is 1. The third-order valence-electron chi connectivity index (χ3n) is 2.63. The molecule has 0 N–H and O–H groups in total. The molecule has 0 saturated carbocycles. The Hall–Kier alpha value is -1.57. The first-order valence-corrected chi connectivity index (χ1v) is 6.37. The summed E-state index contributed by atoms with van der Waals surface area (Å²) in [6, 6.07) is 5.84. The van der Waals surface area contributed by atoms with Crippen molar-refractivity contribution in [3.05, 3.63) is 54.3 Å². The van der Waals surface area contributed by atoms with Gasteiger partial charge in [0.2, 0.25) is 0 Å². The summed E-state index contributed by atoms with van der Waals surface area (Å²) in [5.74, 6) is 2.13. The van der Waals surface area contributed by atoms with E-state index in [0.717, 1.165) is 5.03 Å². The Morgan fingerprint density at radius 3 is 3.00 bits per heavy atom. The number of allylic oxidation sites excluding steroid dienone is 5. The zero-order valence-electron chi connectivity index (χ0n) is 9.54. The van der Waals surface area contributed by atoms with Gasteiger partial charge in [0, 0.05) is 22.9 Å². The van der Waals surface area contributed by atoms with Crippen LogP contribution in [-0.4, -0.2) is 16.2 Å². The maximum Gasteiger partial charge on any atom is 0.128 e. The molecule has 2 unspecified atom stereocenters. The van der Waals surface area contributed by atoms with Gasteiger partial charge in [-0.2, -0.15) is 0 Å². The first-order chi connectivity index (χ1) is 8.31. The maximum absolute atomic E-state index is 10.9. The summed E-state index contributed by atoms with van der Waals surface area (Å²) >= 11 is 1.67. The Bertz CT molecular complexity index is 486. The van der Waals surface area contributed by atoms with Crippen LogP contribution >= 0.6 is 11.8 Å². The lowest BCUT2D eigenvalue weighted by atomic mass is 9.93. The van der Waals surface area contributed by atoms with Gasteiger partial charge >= 0.3 is 0 Å². The predicted octanol–water partition coefficient (Wildman–Crippen LogP) is 3.06. The molecular weight excluding hydrogens is 230 g/mol. The Labute approximate surface area is 105 Å². The highest BCUT2D eigenvalue weighted by Crippen LogP contribution is 2.32. The van der Waals surface area contributed by atoms with Gasteiger partial charge in [0.15, 0.2) is 0 Å². The molecule has 1 aliphatic carbocycles. The molecule has 0 saturated heterocycles. The number of aromatic nitrogens is 1. The van der Waals surface area contributed by atoms with Crippen molar-refractivity contribution in [1.82, 2.24) is 4.98 Å². The molecule has 0 aliphatic heterocycles. The number of hydrogen-bond acceptors (Lipinski definition) is 3. The Balaban J connectivity index is 2.10. The third-order valence-corrected chi connectivity index (χ3v) is 3.78. The van der Waals surface area contributed by atoms with Crippen LogP contribution in [0.25, 0.3) is 0 Å². The molecule has 1 aromatic heterocycles. The van der Waals surface area contributed by atoms with Crippen molar-refractivity contribution in [3.8, 4) is 0 Å². The molecule has 17 heavy (non-hydrogen) atoms. The molecule has 0 aromatic carbocycles. The van der Waals surface area contributed by atoms with Gasteiger partial charge in [0.05, 0.1) is 5.03 Å². The minimum atomic E-state index is 0.115. The van der Waals surface area contributed by atoms with E-state index in [1.807, 2.05) is 48.4 Å². The van der Waals surface area contributed by atoms with Gasteiger partial charge < -0.3 is 0 Å². The molecule has 1 aliphatic rings. The van der Waals surface area contributed by atoms with Gasteiger partial charge in [-0.05, 0) is 18.2 Å². The summed E-state index contributed by atoms with van der Waals surface area (Å²) in [5.41, 5.74) is 0.712. The summed E-state index contributed by atoms with van der Waals surface area (Å²) in [4.78, 5) is 15.1. The quantitative estimate of drug-likeness (QED) is 0.603. The first kappa shape index (κ1) is 11.9. The minimum absolute atomic E-state index is 0.115. The van der Waals surface area contributed by atoms with Crippen LogP contribution in [0.3, 0.4) is 0 Å². The molecule has 0 radical (unpaired) electrons. The van der Waals surface area contributed by atoms with E-state index in [0.29, 0.717) is 5.57 Å². The molecule has 3 heteroatoms. The lowest BCUT2D eigenvalue weighted by Gasteiger charge is -2.20. The monoisotopic (exact) mass is 243 g/mol. The topological polar surface area (TPSA) is 30.0 Å². The zero-order chi connectivity index (χ0) is 12.1. The highest BCUT2D eigenvalue weighted by atomic mass is 32.2. The van der Waals surface area contributed by atoms with Gasteiger partial charge in [-0.25, -0.2) is 9.78 Å². The Kier molecular flexibility index (Phi) is 3.97. The predicted molar refractivity (Wildman–Crippen MR) is 70.5 cm³/mol. The fourth-order valence-corrected chi connectivity index (χ4v) is 2.79. The fraction of sp³-hybridized carbons (Fsp3) is 0.214. The van der Waals surface area contributed by atoms with Gasteiger partial charge in [0.25, 0.3) is 0 Å². The van der Waals surface area contributed by atoms with E-state index in [-0.39, 0.29) is 11.2 Å². The summed E-state index contributed by atoms with van der Waals surface area (Å²) in [6.45, 7) is 2.10. The largest absolute Gasteiger partial charge is 0.250 e. The van der Waals surface area contributed by atoms with Crippen LogP contribution in [0.15, 0.2) is 59.3 Å². The van der Waals surface area contributed by atoms with Crippen molar-refractivity contribution in [2.24, 2.45) is 5.92 Å². The van der Waals surface area contributed by atoms with Gasteiger partial charge in [0.1, 0.15) is 5.94 Å². The molecule has 1 aromatic rings. The Morgan fingerprint density at radius 2 is 2.29 bits per heavy atom. The van der Waals surface area contributed by atoms with Crippen molar-refractivity contribution in [2.45, 2.75) is 17.2 Å². The maximum atomic E-state index is 10.9. The van der Waals surface area contributed by atoms with E-state index in [4.69, 9.17) is 0 Å². The SMILES string of the molecule is CC(Sc1ccccn1)C1C=CC=CC1=C=O. The van der Waals surface area contributed by atoms with Crippen LogP contribution in [0.5, 0.6) is 0 Å². The van der Waals surface area contributed by atoms with E-state index in [2.05, 4.69) is 11.9 Å². The number of pyridine rings is 1. The molecule has 1 heterocycles. The van der Waals surface area contributed by atoms with Crippen LogP contribution < -0.4 is 0 Å². The standard InChI is InChI=1S/C14H13NOS/c1-11(17-14-8-4-5-9-15-14)13-7-3-2-6-12(13)10-16/h2-9,11,13H,1H3. The van der Waals surface area contributed by atoms with E-state index in [9.17, 15) is 4.79 Å². The molecule has 86 valence electrons. The molecule has 0 amide bonds. The first-order valence-electron chi connectivity index (χ1n) is 5.49. The Morgan fingerprint density at radius 1 is 1.41 bits per heavy atom. The normalized spacial score (nSPS) is 20.1. The highest BCUT2D eigenvalue weighted by molar-refractivity contribution is 7.99. The molecule has 0 fully saturated rings. The highest BCUT2D eigenvalue weighted by Gasteiger charge is 2.21. The van der Waals surface area contributed by atoms with Gasteiger partial charge in [-0.15, -0.1) is 11.8 Å². The summed E-state index contributed by atoms with van der Waals surface area (Å²) in [5, 5.41) is 1.25. The van der Waals surface area contributed by atoms with Crippen LogP contribution in [0, 0.1) is 5.92 Å². The van der Waals surface area contributed by atoms with E-state index in [1.54, 1.807) is 18.0 Å². The molecule has 0 spiro atoms. The van der Waals surface area contributed by atoms with E-state index < -0.39 is 0 Å². The van der Waals surface area contributed by atoms with Crippen LogP contribution in [0.4, 0.5) is 0 Å². The van der Waals surface area contributed by atoms with E-state index in [1.165, 1.54) is 0 Å². The summed E-state index contributed by atoms with van der Waals surface area (Å²) in [7, 11) is 0. The fourth-order valence-electron chi connectivity index (χ4n) is 1.75. The molecule has 2 rings (SSSR count). The molecule has 2 atom stereocenters. The van der Waals surface area contributed by atoms with Crippen molar-refractivity contribution in [3.63, 3.8) is 0 Å². The zero-order valence-corrected chi connectivity index (χ0v) is 10.4. The average molecular weight is 243 g/mol. The third kappa shape index (κ3) is 2.96. The summed E-state index contributed by atoms with van der Waals surface area (Å²) in [6.07, 6.45) is 9.49. The smallest absolute Gasteiger partial charge is 0.128 e. The number of thioether (sulfide) groups is 1. The van der Waals surface area contributed by atoms with Crippen LogP contribution in [0.1, 0.15) is 6.92 Å². The average Bonchev–Trinajstić information content (AvgIpc) is 2.40. The van der Waals surface area contributed by atoms with Gasteiger partial charge in [-0.1, -0.05) is 31.2 Å². The second-order valence-electron chi connectivity index (χ2n) is 3.82. The second-order valence-corrected chi connectivity index (χ2v) is 5.22. The molecule has 2 nitrogen and oxygen atoms in total. The minimum Gasteiger partial charge on any atom is -0.250 e. The van der Waals surface area contributed by atoms with Crippen LogP contribution in [0.2, 0.25) is 0 Å². The van der Waals surface area contributed by atoms with Crippen molar-refractivity contribution < 1.29 is 4.79 Å². The number of nitrogens with zero attached hydrogens (tertiary/aromatic N) is 1. The van der Waals surface area contributed by atoms with Crippen molar-refractivity contribution in [2.75, 3.05) is 0 Å².